The minimum absolute atomic E-state index is 0.0456. The summed E-state index contributed by atoms with van der Waals surface area (Å²) in [5.74, 6) is 0.733. The van der Waals surface area contributed by atoms with Gasteiger partial charge in [0, 0.05) is 23.9 Å². The predicted octanol–water partition coefficient (Wildman–Crippen LogP) is 0.839. The number of hydrogen-bond acceptors (Lipinski definition) is 4. The summed E-state index contributed by atoms with van der Waals surface area (Å²) in [6.45, 7) is 0.559. The van der Waals surface area contributed by atoms with Crippen LogP contribution in [-0.2, 0) is 6.42 Å². The van der Waals surface area contributed by atoms with Gasteiger partial charge in [-0.05, 0) is 11.4 Å². The first kappa shape index (κ1) is 9.85. The lowest BCUT2D eigenvalue weighted by Gasteiger charge is -2.01. The zero-order chi connectivity index (χ0) is 10.5. The van der Waals surface area contributed by atoms with Crippen molar-refractivity contribution in [2.24, 2.45) is 0 Å². The van der Waals surface area contributed by atoms with Crippen molar-refractivity contribution >= 4 is 17.2 Å². The molecule has 0 radical (unpaired) electrons. The second kappa shape index (κ2) is 4.70. The van der Waals surface area contributed by atoms with E-state index in [4.69, 9.17) is 0 Å². The van der Waals surface area contributed by atoms with Gasteiger partial charge in [0.1, 0.15) is 12.2 Å². The number of nitrogens with one attached hydrogen (secondary N) is 2. The highest BCUT2D eigenvalue weighted by Crippen LogP contribution is 2.04. The van der Waals surface area contributed by atoms with E-state index in [0.29, 0.717) is 18.5 Å². The van der Waals surface area contributed by atoms with Gasteiger partial charge in [-0.15, -0.1) is 0 Å². The van der Waals surface area contributed by atoms with E-state index in [1.807, 2.05) is 10.8 Å². The van der Waals surface area contributed by atoms with Crippen LogP contribution >= 0.6 is 11.3 Å². The first-order chi connectivity index (χ1) is 7.36. The van der Waals surface area contributed by atoms with Gasteiger partial charge in [-0.25, -0.2) is 4.98 Å². The second-order valence-electron chi connectivity index (χ2n) is 2.95. The predicted molar refractivity (Wildman–Crippen MR) is 56.7 cm³/mol. The van der Waals surface area contributed by atoms with Crippen LogP contribution < -0.4 is 5.32 Å². The zero-order valence-electron chi connectivity index (χ0n) is 7.93. The molecule has 2 N–H and O–H groups in total. The third-order valence-electron chi connectivity index (χ3n) is 1.90. The van der Waals surface area contributed by atoms with Crippen LogP contribution in [-0.4, -0.2) is 27.6 Å². The highest BCUT2D eigenvalue weighted by atomic mass is 32.1. The smallest absolute Gasteiger partial charge is 0.252 e. The lowest BCUT2D eigenvalue weighted by molar-refractivity contribution is 0.0954. The lowest BCUT2D eigenvalue weighted by atomic mass is 10.3. The molecule has 0 fully saturated rings. The molecule has 0 aliphatic rings. The van der Waals surface area contributed by atoms with Crippen molar-refractivity contribution in [1.29, 1.82) is 0 Å². The maximum atomic E-state index is 11.5. The van der Waals surface area contributed by atoms with Crippen LogP contribution in [0.1, 0.15) is 16.2 Å². The highest BCUT2D eigenvalue weighted by molar-refractivity contribution is 7.08. The quantitative estimate of drug-likeness (QED) is 0.805. The molecule has 2 aromatic rings. The van der Waals surface area contributed by atoms with Gasteiger partial charge in [0.25, 0.3) is 5.91 Å². The van der Waals surface area contributed by atoms with E-state index in [1.165, 1.54) is 17.7 Å². The molecule has 78 valence electrons. The molecule has 1 amide bonds. The summed E-state index contributed by atoms with van der Waals surface area (Å²) in [5, 5.41) is 13.0. The Morgan fingerprint density at radius 3 is 3.20 bits per heavy atom. The van der Waals surface area contributed by atoms with Crippen molar-refractivity contribution in [3.05, 3.63) is 34.5 Å². The van der Waals surface area contributed by atoms with E-state index in [9.17, 15) is 4.79 Å². The Morgan fingerprint density at radius 1 is 1.60 bits per heavy atom. The topological polar surface area (TPSA) is 70.7 Å². The molecule has 0 saturated heterocycles. The minimum atomic E-state index is -0.0456. The van der Waals surface area contributed by atoms with Crippen molar-refractivity contribution in [1.82, 2.24) is 20.5 Å². The number of rotatable bonds is 4. The molecular formula is C9H10N4OS. The van der Waals surface area contributed by atoms with Gasteiger partial charge < -0.3 is 5.32 Å². The third-order valence-corrected chi connectivity index (χ3v) is 2.58. The Morgan fingerprint density at radius 2 is 2.53 bits per heavy atom. The Kier molecular flexibility index (Phi) is 3.08. The zero-order valence-corrected chi connectivity index (χ0v) is 8.75. The Labute approximate surface area is 90.6 Å². The van der Waals surface area contributed by atoms with Crippen molar-refractivity contribution in [3.63, 3.8) is 0 Å². The number of carbonyl (C=O) groups is 1. The molecule has 15 heavy (non-hydrogen) atoms. The number of thiophene rings is 1. The molecule has 6 heteroatoms. The number of nitrogens with zero attached hydrogens (tertiary/aromatic N) is 2. The van der Waals surface area contributed by atoms with Gasteiger partial charge in [-0.3, -0.25) is 9.89 Å². The summed E-state index contributed by atoms with van der Waals surface area (Å²) in [6, 6.07) is 1.80. The van der Waals surface area contributed by atoms with Crippen LogP contribution in [0.2, 0.25) is 0 Å². The van der Waals surface area contributed by atoms with Crippen LogP contribution in [0.15, 0.2) is 23.2 Å². The van der Waals surface area contributed by atoms with Crippen molar-refractivity contribution in [2.45, 2.75) is 6.42 Å². The van der Waals surface area contributed by atoms with Crippen LogP contribution in [0.5, 0.6) is 0 Å². The standard InChI is InChI=1S/C9H10N4OS/c14-9(7-2-4-15-5-7)10-3-1-8-11-6-12-13-8/h2,4-6H,1,3H2,(H,10,14)(H,11,12,13). The summed E-state index contributed by atoms with van der Waals surface area (Å²) in [4.78, 5) is 15.4. The molecule has 0 spiro atoms. The summed E-state index contributed by atoms with van der Waals surface area (Å²) < 4.78 is 0. The van der Waals surface area contributed by atoms with Gasteiger partial charge in [0.2, 0.25) is 0 Å². The molecule has 2 rings (SSSR count). The first-order valence-electron chi connectivity index (χ1n) is 4.51. The van der Waals surface area contributed by atoms with E-state index >= 15 is 0 Å². The summed E-state index contributed by atoms with van der Waals surface area (Å²) in [6.07, 6.45) is 2.12. The van der Waals surface area contributed by atoms with E-state index in [-0.39, 0.29) is 5.91 Å². The Bertz CT molecular complexity index is 409. The highest BCUT2D eigenvalue weighted by Gasteiger charge is 2.04. The number of aromatic nitrogens is 3. The first-order valence-corrected chi connectivity index (χ1v) is 5.45. The number of carbonyl (C=O) groups excluding carboxylic acids is 1. The third kappa shape index (κ3) is 2.63. The van der Waals surface area contributed by atoms with Crippen molar-refractivity contribution in [2.75, 3.05) is 6.54 Å². The van der Waals surface area contributed by atoms with Crippen LogP contribution in [0, 0.1) is 0 Å². The Balaban J connectivity index is 1.77. The van der Waals surface area contributed by atoms with Crippen LogP contribution in [0.4, 0.5) is 0 Å². The fourth-order valence-electron chi connectivity index (χ4n) is 1.14. The van der Waals surface area contributed by atoms with E-state index in [2.05, 4.69) is 20.5 Å². The molecule has 0 aliphatic heterocycles. The molecule has 0 unspecified atom stereocenters. The molecular weight excluding hydrogens is 212 g/mol. The number of aromatic amines is 1. The van der Waals surface area contributed by atoms with Gasteiger partial charge in [0.15, 0.2) is 0 Å². The molecule has 0 bridgehead atoms. The average Bonchev–Trinajstić information content (AvgIpc) is 2.90. The number of hydrogen-bond donors (Lipinski definition) is 2. The SMILES string of the molecule is O=C(NCCc1ncn[nH]1)c1ccsc1. The molecule has 2 aromatic heterocycles. The van der Waals surface area contributed by atoms with E-state index in [1.54, 1.807) is 6.07 Å². The van der Waals surface area contributed by atoms with Crippen molar-refractivity contribution in [3.8, 4) is 0 Å². The van der Waals surface area contributed by atoms with Gasteiger partial charge in [0.05, 0.1) is 0 Å². The number of amides is 1. The monoisotopic (exact) mass is 222 g/mol. The molecule has 0 saturated carbocycles. The molecule has 0 aliphatic carbocycles. The van der Waals surface area contributed by atoms with Gasteiger partial charge >= 0.3 is 0 Å². The summed E-state index contributed by atoms with van der Waals surface area (Å²) >= 11 is 1.51. The largest absolute Gasteiger partial charge is 0.352 e. The average molecular weight is 222 g/mol. The van der Waals surface area contributed by atoms with Crippen LogP contribution in [0.3, 0.4) is 0 Å². The van der Waals surface area contributed by atoms with Gasteiger partial charge in [-0.1, -0.05) is 0 Å². The normalized spacial score (nSPS) is 10.1. The summed E-state index contributed by atoms with van der Waals surface area (Å²) in [7, 11) is 0. The molecule has 2 heterocycles. The molecule has 5 nitrogen and oxygen atoms in total. The second-order valence-corrected chi connectivity index (χ2v) is 3.73. The van der Waals surface area contributed by atoms with E-state index < -0.39 is 0 Å². The molecule has 0 aromatic carbocycles. The lowest BCUT2D eigenvalue weighted by Crippen LogP contribution is -2.25. The maximum Gasteiger partial charge on any atom is 0.252 e. The van der Waals surface area contributed by atoms with E-state index in [0.717, 1.165) is 5.82 Å². The minimum Gasteiger partial charge on any atom is -0.352 e. The maximum absolute atomic E-state index is 11.5. The van der Waals surface area contributed by atoms with Crippen molar-refractivity contribution < 1.29 is 4.79 Å². The van der Waals surface area contributed by atoms with Gasteiger partial charge in [-0.2, -0.15) is 16.4 Å². The number of H-pyrrole nitrogens is 1. The Hall–Kier alpha value is -1.69. The summed E-state index contributed by atoms with van der Waals surface area (Å²) in [5.41, 5.74) is 0.706. The fraction of sp³-hybridized carbons (Fsp3) is 0.222. The van der Waals surface area contributed by atoms with Crippen LogP contribution in [0.25, 0.3) is 0 Å². The fourth-order valence-corrected chi connectivity index (χ4v) is 1.78. The molecule has 0 atom stereocenters.